The highest BCUT2D eigenvalue weighted by Gasteiger charge is 2.10. The molecule has 0 spiro atoms. The molecule has 0 aliphatic carbocycles. The maximum absolute atomic E-state index is 11.2. The molecule has 8 nitrogen and oxygen atoms in total. The van der Waals surface area contributed by atoms with E-state index in [0.29, 0.717) is 22.0 Å². The minimum atomic E-state index is -0.554. The first-order chi connectivity index (χ1) is 11.2. The predicted octanol–water partition coefficient (Wildman–Crippen LogP) is 3.16. The fourth-order valence-corrected chi connectivity index (χ4v) is 2.89. The Hall–Kier alpha value is -2.33. The average Bonchev–Trinajstić information content (AvgIpc) is 3.18. The summed E-state index contributed by atoms with van der Waals surface area (Å²) in [6.45, 7) is 0.186. The molecule has 1 N–H and O–H groups in total. The van der Waals surface area contributed by atoms with Gasteiger partial charge in [-0.15, -0.1) is 10.2 Å². The molecule has 0 saturated heterocycles. The number of carbonyl (C=O) groups is 1. The lowest BCUT2D eigenvalue weighted by Crippen LogP contribution is -2.10. The summed E-state index contributed by atoms with van der Waals surface area (Å²) >= 11 is 2.70. The molecule has 23 heavy (non-hydrogen) atoms. The largest absolute Gasteiger partial charge is 0.484 e. The average molecular weight is 352 g/mol. The van der Waals surface area contributed by atoms with Gasteiger partial charge in [0.05, 0.1) is 17.3 Å². The van der Waals surface area contributed by atoms with Crippen LogP contribution in [0.3, 0.4) is 0 Å². The molecular weight excluding hydrogens is 340 g/mol. The van der Waals surface area contributed by atoms with E-state index in [1.54, 1.807) is 6.07 Å². The van der Waals surface area contributed by atoms with E-state index in [1.807, 2.05) is 18.4 Å². The Bertz CT molecular complexity index is 832. The number of aromatic nitrogens is 3. The fourth-order valence-electron chi connectivity index (χ4n) is 1.71. The van der Waals surface area contributed by atoms with Gasteiger partial charge in [-0.25, -0.2) is 9.78 Å². The lowest BCUT2D eigenvalue weighted by Gasteiger charge is -2.02. The van der Waals surface area contributed by atoms with Gasteiger partial charge in [0.15, 0.2) is 11.7 Å². The zero-order valence-corrected chi connectivity index (χ0v) is 13.9. The SMILES string of the molecule is COC(=O)Nc1nc2ccc(OCc3nnc(SC)o3)cc2s1. The highest BCUT2D eigenvalue weighted by molar-refractivity contribution is 7.98. The zero-order valence-electron chi connectivity index (χ0n) is 12.2. The second kappa shape index (κ2) is 6.84. The first-order valence-corrected chi connectivity index (χ1v) is 8.47. The number of hydrogen-bond acceptors (Lipinski definition) is 9. The molecule has 120 valence electrons. The number of methoxy groups -OCH3 is 1. The van der Waals surface area contributed by atoms with Gasteiger partial charge >= 0.3 is 6.09 Å². The number of thiazole rings is 1. The van der Waals surface area contributed by atoms with Gasteiger partial charge in [0, 0.05) is 0 Å². The standard InChI is InChI=1S/C13H12N4O4S2/c1-19-12(18)15-11-14-8-4-3-7(5-9(8)23-11)20-6-10-16-17-13(21-10)22-2/h3-5H,6H2,1-2H3,(H,14,15,18). The van der Waals surface area contributed by atoms with Crippen molar-refractivity contribution in [1.29, 1.82) is 0 Å². The third-order valence-electron chi connectivity index (χ3n) is 2.74. The summed E-state index contributed by atoms with van der Waals surface area (Å²) in [6, 6.07) is 5.43. The van der Waals surface area contributed by atoms with Crippen molar-refractivity contribution >= 4 is 44.5 Å². The van der Waals surface area contributed by atoms with Crippen LogP contribution < -0.4 is 10.1 Å². The zero-order chi connectivity index (χ0) is 16.2. The van der Waals surface area contributed by atoms with E-state index >= 15 is 0 Å². The second-order valence-corrected chi connectivity index (χ2v) is 6.01. The first-order valence-electron chi connectivity index (χ1n) is 6.42. The maximum atomic E-state index is 11.2. The number of fused-ring (bicyclic) bond motifs is 1. The molecule has 10 heteroatoms. The number of ether oxygens (including phenoxy) is 2. The molecule has 0 aliphatic heterocycles. The molecule has 0 fully saturated rings. The molecule has 2 heterocycles. The summed E-state index contributed by atoms with van der Waals surface area (Å²) in [6.07, 6.45) is 1.30. The van der Waals surface area contributed by atoms with E-state index < -0.39 is 6.09 Å². The van der Waals surface area contributed by atoms with Crippen molar-refractivity contribution < 1.29 is 18.7 Å². The molecule has 1 aromatic carbocycles. The highest BCUT2D eigenvalue weighted by atomic mass is 32.2. The third-order valence-corrected chi connectivity index (χ3v) is 4.19. The lowest BCUT2D eigenvalue weighted by molar-refractivity contribution is 0.187. The normalized spacial score (nSPS) is 10.7. The van der Waals surface area contributed by atoms with E-state index in [0.717, 1.165) is 10.2 Å². The van der Waals surface area contributed by atoms with Crippen molar-refractivity contribution in [1.82, 2.24) is 15.2 Å². The molecule has 0 atom stereocenters. The number of rotatable bonds is 5. The van der Waals surface area contributed by atoms with Crippen LogP contribution in [-0.4, -0.2) is 34.6 Å². The van der Waals surface area contributed by atoms with E-state index in [2.05, 4.69) is 25.2 Å². The van der Waals surface area contributed by atoms with Gasteiger partial charge in [0.1, 0.15) is 5.75 Å². The fraction of sp³-hybridized carbons (Fsp3) is 0.231. The van der Waals surface area contributed by atoms with Crippen LogP contribution in [0.5, 0.6) is 5.75 Å². The smallest absolute Gasteiger partial charge is 0.413 e. The van der Waals surface area contributed by atoms with Crippen molar-refractivity contribution in [3.05, 3.63) is 24.1 Å². The van der Waals surface area contributed by atoms with Crippen molar-refractivity contribution in [2.24, 2.45) is 0 Å². The van der Waals surface area contributed by atoms with Crippen LogP contribution >= 0.6 is 23.1 Å². The van der Waals surface area contributed by atoms with Crippen molar-refractivity contribution in [2.45, 2.75) is 11.8 Å². The lowest BCUT2D eigenvalue weighted by atomic mass is 10.3. The Morgan fingerprint density at radius 1 is 1.43 bits per heavy atom. The van der Waals surface area contributed by atoms with E-state index in [9.17, 15) is 4.79 Å². The van der Waals surface area contributed by atoms with Gasteiger partial charge in [-0.05, 0) is 24.5 Å². The minimum absolute atomic E-state index is 0.186. The monoisotopic (exact) mass is 352 g/mol. The van der Waals surface area contributed by atoms with E-state index in [-0.39, 0.29) is 6.61 Å². The number of carbonyl (C=O) groups excluding carboxylic acids is 1. The summed E-state index contributed by atoms with van der Waals surface area (Å²) in [5.74, 6) is 1.06. The molecule has 0 aliphatic rings. The predicted molar refractivity (Wildman–Crippen MR) is 86.1 cm³/mol. The van der Waals surface area contributed by atoms with Crippen LogP contribution in [0.4, 0.5) is 9.93 Å². The third kappa shape index (κ3) is 3.71. The van der Waals surface area contributed by atoms with Crippen molar-refractivity contribution in [2.75, 3.05) is 18.7 Å². The highest BCUT2D eigenvalue weighted by Crippen LogP contribution is 2.29. The van der Waals surface area contributed by atoms with Crippen LogP contribution in [0.2, 0.25) is 0 Å². The van der Waals surface area contributed by atoms with Crippen LogP contribution in [-0.2, 0) is 11.3 Å². The molecule has 0 unspecified atom stereocenters. The minimum Gasteiger partial charge on any atom is -0.484 e. The summed E-state index contributed by atoms with van der Waals surface area (Å²) in [4.78, 5) is 15.5. The maximum Gasteiger partial charge on any atom is 0.413 e. The van der Waals surface area contributed by atoms with Gasteiger partial charge in [-0.1, -0.05) is 23.1 Å². The number of benzene rings is 1. The molecule has 2 aromatic heterocycles. The Labute approximate surface area is 139 Å². The summed E-state index contributed by atoms with van der Waals surface area (Å²) in [7, 11) is 1.30. The van der Waals surface area contributed by atoms with Gasteiger partial charge < -0.3 is 13.9 Å². The Morgan fingerprint density at radius 2 is 2.30 bits per heavy atom. The van der Waals surface area contributed by atoms with Gasteiger partial charge in [0.2, 0.25) is 0 Å². The van der Waals surface area contributed by atoms with Gasteiger partial charge in [-0.2, -0.15) is 0 Å². The summed E-state index contributed by atoms with van der Waals surface area (Å²) in [5, 5.41) is 11.2. The molecule has 3 aromatic rings. The van der Waals surface area contributed by atoms with E-state index in [4.69, 9.17) is 9.15 Å². The molecule has 3 rings (SSSR count). The first kappa shape index (κ1) is 15.6. The molecule has 0 bridgehead atoms. The number of anilines is 1. The van der Waals surface area contributed by atoms with Crippen molar-refractivity contribution in [3.8, 4) is 5.75 Å². The van der Waals surface area contributed by atoms with Crippen LogP contribution in [0.25, 0.3) is 10.2 Å². The number of hydrogen-bond donors (Lipinski definition) is 1. The molecule has 0 saturated carbocycles. The molecule has 0 radical (unpaired) electrons. The Morgan fingerprint density at radius 3 is 3.04 bits per heavy atom. The Balaban J connectivity index is 1.70. The number of amides is 1. The number of nitrogens with zero attached hydrogens (tertiary/aromatic N) is 3. The topological polar surface area (TPSA) is 99.4 Å². The van der Waals surface area contributed by atoms with Crippen molar-refractivity contribution in [3.63, 3.8) is 0 Å². The van der Waals surface area contributed by atoms with E-state index in [1.165, 1.54) is 30.2 Å². The Kier molecular flexibility index (Phi) is 4.63. The van der Waals surface area contributed by atoms with Crippen LogP contribution in [0.15, 0.2) is 27.8 Å². The molecule has 1 amide bonds. The summed E-state index contributed by atoms with van der Waals surface area (Å²) < 4.78 is 16.4. The molecular formula is C13H12N4O4S2. The van der Waals surface area contributed by atoms with Gasteiger partial charge in [0.25, 0.3) is 11.1 Å². The second-order valence-electron chi connectivity index (χ2n) is 4.22. The van der Waals surface area contributed by atoms with Crippen LogP contribution in [0, 0.1) is 0 Å². The van der Waals surface area contributed by atoms with Crippen LogP contribution in [0.1, 0.15) is 5.89 Å². The van der Waals surface area contributed by atoms with Gasteiger partial charge in [-0.3, -0.25) is 5.32 Å². The quantitative estimate of drug-likeness (QED) is 0.699. The number of nitrogens with one attached hydrogen (secondary N) is 1. The summed E-state index contributed by atoms with van der Waals surface area (Å²) in [5.41, 5.74) is 0.760. The number of thioether (sulfide) groups is 1.